The molecule has 1 aliphatic rings. The second kappa shape index (κ2) is 7.16. The Bertz CT molecular complexity index is 711. The first-order valence-electron chi connectivity index (χ1n) is 7.57. The van der Waals surface area contributed by atoms with Gasteiger partial charge in [0.25, 0.3) is 5.91 Å². The Kier molecular flexibility index (Phi) is 5.23. The van der Waals surface area contributed by atoms with Gasteiger partial charge in [0.2, 0.25) is 5.91 Å². The van der Waals surface area contributed by atoms with E-state index in [9.17, 15) is 24.6 Å². The van der Waals surface area contributed by atoms with Crippen molar-refractivity contribution in [2.75, 3.05) is 0 Å². The number of rotatable bonds is 3. The number of carboxylic acids is 1. The number of carboxylic acid groups (broad SMARTS) is 1. The van der Waals surface area contributed by atoms with Crippen LogP contribution in [-0.2, 0) is 9.59 Å². The Morgan fingerprint density at radius 1 is 1.00 bits per heavy atom. The molecule has 1 aromatic rings. The maximum Gasteiger partial charge on any atom is 0.307 e. The van der Waals surface area contributed by atoms with Crippen LogP contribution in [0.25, 0.3) is 0 Å². The number of amides is 2. The molecular weight excluding hydrogens is 312 g/mol. The topological polar surface area (TPSA) is 116 Å². The van der Waals surface area contributed by atoms with Crippen molar-refractivity contribution < 1.29 is 24.6 Å². The summed E-state index contributed by atoms with van der Waals surface area (Å²) in [6.07, 6.45) is 0.647. The Labute approximate surface area is 139 Å². The fourth-order valence-corrected chi connectivity index (χ4v) is 2.77. The normalized spacial score (nSPS) is 20.4. The molecule has 0 aliphatic heterocycles. The van der Waals surface area contributed by atoms with E-state index >= 15 is 0 Å². The Hall–Kier alpha value is -2.83. The number of allylic oxidation sites excluding steroid dienone is 2. The number of phenolic OH excluding ortho intramolecular Hbond substituents is 1. The molecule has 1 aromatic carbocycles. The van der Waals surface area contributed by atoms with Crippen molar-refractivity contribution >= 4 is 17.8 Å². The highest BCUT2D eigenvalue weighted by molar-refractivity contribution is 5.98. The second-order valence-corrected chi connectivity index (χ2v) is 5.98. The zero-order valence-corrected chi connectivity index (χ0v) is 13.5. The van der Waals surface area contributed by atoms with Crippen LogP contribution in [0.5, 0.6) is 5.75 Å². The zero-order chi connectivity index (χ0) is 17.9. The average molecular weight is 332 g/mol. The molecule has 0 unspecified atom stereocenters. The van der Waals surface area contributed by atoms with Gasteiger partial charge in [0.1, 0.15) is 5.75 Å². The minimum atomic E-state index is -1.03. The highest BCUT2D eigenvalue weighted by Crippen LogP contribution is 2.34. The average Bonchev–Trinajstić information content (AvgIpc) is 2.54. The minimum Gasteiger partial charge on any atom is -0.507 e. The van der Waals surface area contributed by atoms with Gasteiger partial charge in [0, 0.05) is 0 Å². The van der Waals surface area contributed by atoms with Crippen molar-refractivity contribution in [1.82, 2.24) is 10.9 Å². The Morgan fingerprint density at radius 3 is 2.17 bits per heavy atom. The third-order valence-electron chi connectivity index (χ3n) is 4.37. The number of hydrazine groups is 1. The highest BCUT2D eigenvalue weighted by atomic mass is 16.4. The van der Waals surface area contributed by atoms with Gasteiger partial charge in [0.05, 0.1) is 17.4 Å². The largest absolute Gasteiger partial charge is 0.507 e. The number of phenols is 1. The summed E-state index contributed by atoms with van der Waals surface area (Å²) in [7, 11) is 0. The summed E-state index contributed by atoms with van der Waals surface area (Å²) in [5.74, 6) is -4.05. The molecule has 0 radical (unpaired) electrons. The maximum absolute atomic E-state index is 12.3. The van der Waals surface area contributed by atoms with Crippen LogP contribution in [-0.4, -0.2) is 28.0 Å². The lowest BCUT2D eigenvalue weighted by Gasteiger charge is -2.29. The van der Waals surface area contributed by atoms with Crippen LogP contribution >= 0.6 is 0 Å². The summed E-state index contributed by atoms with van der Waals surface area (Å²) in [4.78, 5) is 35.7. The van der Waals surface area contributed by atoms with Crippen molar-refractivity contribution in [2.45, 2.75) is 26.7 Å². The van der Waals surface area contributed by atoms with E-state index in [1.807, 2.05) is 13.8 Å². The SMILES string of the molecule is CC1=C(C)C[C@H](C(=O)NNC(=O)c2ccccc2O)[C@@H](C(=O)O)C1. The molecular formula is C17H20N2O5. The first-order valence-corrected chi connectivity index (χ1v) is 7.57. The molecule has 0 bridgehead atoms. The molecule has 2 amide bonds. The van der Waals surface area contributed by atoms with E-state index in [2.05, 4.69) is 10.9 Å². The fourth-order valence-electron chi connectivity index (χ4n) is 2.77. The fraction of sp³-hybridized carbons (Fsp3) is 0.353. The first kappa shape index (κ1) is 17.5. The number of hydrogen-bond donors (Lipinski definition) is 4. The summed E-state index contributed by atoms with van der Waals surface area (Å²) >= 11 is 0. The van der Waals surface area contributed by atoms with E-state index in [1.54, 1.807) is 12.1 Å². The number of carbonyl (C=O) groups excluding carboxylic acids is 2. The third-order valence-corrected chi connectivity index (χ3v) is 4.37. The quantitative estimate of drug-likeness (QED) is 0.496. The smallest absolute Gasteiger partial charge is 0.307 e. The molecule has 0 saturated carbocycles. The lowest BCUT2D eigenvalue weighted by Crippen LogP contribution is -2.48. The standard InChI is InChI=1S/C17H20N2O5/c1-9-7-12(13(17(23)24)8-10(9)2)16(22)19-18-15(21)11-5-3-4-6-14(11)20/h3-6,12-13,20H,7-8H2,1-2H3,(H,18,21)(H,19,22)(H,23,24)/t12-,13-/m0/s1. The number of para-hydroxylation sites is 1. The van der Waals surface area contributed by atoms with Crippen LogP contribution < -0.4 is 10.9 Å². The van der Waals surface area contributed by atoms with Crippen molar-refractivity contribution in [1.29, 1.82) is 0 Å². The number of benzene rings is 1. The third kappa shape index (κ3) is 3.73. The van der Waals surface area contributed by atoms with Crippen LogP contribution in [0.3, 0.4) is 0 Å². The summed E-state index contributed by atoms with van der Waals surface area (Å²) < 4.78 is 0. The predicted octanol–water partition coefficient (Wildman–Crippen LogP) is 1.60. The molecule has 0 heterocycles. The van der Waals surface area contributed by atoms with E-state index in [-0.39, 0.29) is 11.3 Å². The molecule has 7 heteroatoms. The molecule has 4 N–H and O–H groups in total. The van der Waals surface area contributed by atoms with Gasteiger partial charge in [-0.15, -0.1) is 0 Å². The van der Waals surface area contributed by atoms with Crippen LogP contribution in [0.15, 0.2) is 35.4 Å². The van der Waals surface area contributed by atoms with Gasteiger partial charge in [-0.2, -0.15) is 0 Å². The lowest BCUT2D eigenvalue weighted by molar-refractivity contribution is -0.147. The zero-order valence-electron chi connectivity index (χ0n) is 13.5. The Morgan fingerprint density at radius 2 is 1.58 bits per heavy atom. The number of aromatic hydroxyl groups is 1. The summed E-state index contributed by atoms with van der Waals surface area (Å²) in [5.41, 5.74) is 6.46. The van der Waals surface area contributed by atoms with Gasteiger partial charge in [-0.1, -0.05) is 23.3 Å². The molecule has 0 aromatic heterocycles. The van der Waals surface area contributed by atoms with Gasteiger partial charge < -0.3 is 10.2 Å². The molecule has 7 nitrogen and oxygen atoms in total. The first-order chi connectivity index (χ1) is 11.3. The minimum absolute atomic E-state index is 0.0168. The number of nitrogens with one attached hydrogen (secondary N) is 2. The lowest BCUT2D eigenvalue weighted by atomic mass is 9.76. The van der Waals surface area contributed by atoms with Crippen LogP contribution in [0, 0.1) is 11.8 Å². The van der Waals surface area contributed by atoms with Crippen molar-refractivity contribution in [3.8, 4) is 5.75 Å². The molecule has 2 rings (SSSR count). The van der Waals surface area contributed by atoms with Gasteiger partial charge in [-0.05, 0) is 38.8 Å². The number of carbonyl (C=O) groups is 3. The monoisotopic (exact) mass is 332 g/mol. The summed E-state index contributed by atoms with van der Waals surface area (Å²) in [6.45, 7) is 3.73. The van der Waals surface area contributed by atoms with Crippen molar-refractivity contribution in [3.63, 3.8) is 0 Å². The van der Waals surface area contributed by atoms with Crippen LogP contribution in [0.4, 0.5) is 0 Å². The number of aliphatic carboxylic acids is 1. The van der Waals surface area contributed by atoms with E-state index in [1.165, 1.54) is 12.1 Å². The van der Waals surface area contributed by atoms with E-state index in [4.69, 9.17) is 0 Å². The van der Waals surface area contributed by atoms with Crippen LogP contribution in [0.1, 0.15) is 37.0 Å². The Balaban J connectivity index is 2.05. The molecule has 0 fully saturated rings. The predicted molar refractivity (Wildman–Crippen MR) is 85.9 cm³/mol. The van der Waals surface area contributed by atoms with Gasteiger partial charge >= 0.3 is 5.97 Å². The summed E-state index contributed by atoms with van der Waals surface area (Å²) in [5, 5.41) is 18.9. The second-order valence-electron chi connectivity index (χ2n) is 5.98. The van der Waals surface area contributed by atoms with Gasteiger partial charge in [0.15, 0.2) is 0 Å². The van der Waals surface area contributed by atoms with E-state index in [0.29, 0.717) is 12.8 Å². The molecule has 2 atom stereocenters. The maximum atomic E-state index is 12.3. The molecule has 128 valence electrons. The highest BCUT2D eigenvalue weighted by Gasteiger charge is 2.37. The molecule has 1 aliphatic carbocycles. The molecule has 24 heavy (non-hydrogen) atoms. The number of hydrogen-bond acceptors (Lipinski definition) is 4. The molecule has 0 saturated heterocycles. The molecule has 0 spiro atoms. The van der Waals surface area contributed by atoms with Crippen LogP contribution in [0.2, 0.25) is 0 Å². The van der Waals surface area contributed by atoms with Crippen molar-refractivity contribution in [3.05, 3.63) is 41.0 Å². The van der Waals surface area contributed by atoms with Crippen molar-refractivity contribution in [2.24, 2.45) is 11.8 Å². The van der Waals surface area contributed by atoms with Gasteiger partial charge in [-0.3, -0.25) is 25.2 Å². The van der Waals surface area contributed by atoms with Gasteiger partial charge in [-0.25, -0.2) is 0 Å². The van der Waals surface area contributed by atoms with E-state index < -0.39 is 29.6 Å². The summed E-state index contributed by atoms with van der Waals surface area (Å²) in [6, 6.07) is 5.92. The van der Waals surface area contributed by atoms with E-state index in [0.717, 1.165) is 11.1 Å².